The molecule has 0 radical (unpaired) electrons. The molecule has 5 aliphatic rings. The number of hydrogen-bond donors (Lipinski definition) is 0. The predicted octanol–water partition coefficient (Wildman–Crippen LogP) is 13.1. The van der Waals surface area contributed by atoms with Crippen molar-refractivity contribution in [3.63, 3.8) is 0 Å². The minimum absolute atomic E-state index is 0.00899. The summed E-state index contributed by atoms with van der Waals surface area (Å²) in [4.78, 5) is 4.59. The average Bonchev–Trinajstić information content (AvgIpc) is 3.27. The number of anilines is 4. The summed E-state index contributed by atoms with van der Waals surface area (Å²) in [6.07, 6.45) is 16.3. The van der Waals surface area contributed by atoms with Gasteiger partial charge in [0.1, 0.15) is 23.0 Å². The van der Waals surface area contributed by atoms with Gasteiger partial charge in [0.2, 0.25) is 0 Å². The van der Waals surface area contributed by atoms with Crippen molar-refractivity contribution in [2.24, 2.45) is 5.41 Å². The number of ether oxygens (including phenoxy) is 2. The van der Waals surface area contributed by atoms with E-state index in [1.165, 1.54) is 16.5 Å². The van der Waals surface area contributed by atoms with Crippen molar-refractivity contribution in [2.75, 3.05) is 9.80 Å². The minimum Gasteiger partial charge on any atom is -0.463 e. The highest BCUT2D eigenvalue weighted by Gasteiger charge is 2.52. The molecule has 4 heterocycles. The highest BCUT2D eigenvalue weighted by atomic mass is 16.5. The van der Waals surface area contributed by atoms with Crippen molar-refractivity contribution in [3.8, 4) is 17.2 Å². The summed E-state index contributed by atoms with van der Waals surface area (Å²) in [5.74, 6) is 3.56. The topological polar surface area (TPSA) is 24.9 Å². The van der Waals surface area contributed by atoms with E-state index in [2.05, 4.69) is 186 Å². The molecule has 5 heteroatoms. The zero-order valence-electron chi connectivity index (χ0n) is 35.9. The number of rotatable bonds is 7. The SMILES string of the molecule is C=C/C=C\C(=C)N1c2ccccc2C2(C(C=C)=C(C=C)N(c3cc4c5c(c3)Oc3cc(C(C)(C)C)ccc3B5C3=C(CC(C)(CC)C=C3)O4)c3ccccc32)c2ccccc21. The number of benzene rings is 5. The summed E-state index contributed by atoms with van der Waals surface area (Å²) in [6.45, 7) is 28.9. The van der Waals surface area contributed by atoms with Gasteiger partial charge in [0.25, 0.3) is 6.71 Å². The van der Waals surface area contributed by atoms with E-state index in [1.54, 1.807) is 6.08 Å². The highest BCUT2D eigenvalue weighted by Crippen LogP contribution is 2.62. The Kier molecular flexibility index (Phi) is 8.78. The van der Waals surface area contributed by atoms with Crippen molar-refractivity contribution in [3.05, 3.63) is 222 Å². The third-order valence-corrected chi connectivity index (χ3v) is 13.6. The highest BCUT2D eigenvalue weighted by molar-refractivity contribution is 6.93. The van der Waals surface area contributed by atoms with Gasteiger partial charge in [0.15, 0.2) is 0 Å². The van der Waals surface area contributed by atoms with Gasteiger partial charge in [-0.3, -0.25) is 0 Å². The summed E-state index contributed by atoms with van der Waals surface area (Å²) in [5.41, 5.74) is 14.2. The number of fused-ring (bicyclic) bond motifs is 9. The van der Waals surface area contributed by atoms with Crippen molar-refractivity contribution in [1.82, 2.24) is 0 Å². The quantitative estimate of drug-likeness (QED) is 0.121. The molecular formula is C56H51BN2O2. The maximum absolute atomic E-state index is 7.11. The lowest BCUT2D eigenvalue weighted by molar-refractivity contribution is 0.309. The van der Waals surface area contributed by atoms with Crippen LogP contribution in [0.5, 0.6) is 17.2 Å². The average molecular weight is 795 g/mol. The van der Waals surface area contributed by atoms with Gasteiger partial charge in [-0.2, -0.15) is 0 Å². The van der Waals surface area contributed by atoms with Gasteiger partial charge in [-0.15, -0.1) is 0 Å². The van der Waals surface area contributed by atoms with Gasteiger partial charge in [0.05, 0.1) is 33.9 Å². The normalized spacial score (nSPS) is 18.9. The van der Waals surface area contributed by atoms with Crippen LogP contribution >= 0.6 is 0 Å². The van der Waals surface area contributed by atoms with Gasteiger partial charge in [-0.05, 0) is 92.4 Å². The molecule has 10 rings (SSSR count). The minimum atomic E-state index is -0.744. The van der Waals surface area contributed by atoms with Crippen LogP contribution in [0.4, 0.5) is 22.7 Å². The van der Waals surface area contributed by atoms with Crippen molar-refractivity contribution >= 4 is 40.4 Å². The van der Waals surface area contributed by atoms with Gasteiger partial charge in [0, 0.05) is 29.7 Å². The standard InChI is InChI=1S/C56H51BN2O2/c1-10-14-21-36(5)58-46-25-18-15-22-40(46)56(41-23-16-19-26-47(41)58)39(11-2)45(12-3)59(48-27-20-17-24-42(48)56)38-33-50-53-51(34-38)61-52-35-55(9,13-4)31-30-44(52)57(53)43-29-28-37(54(6,7)8)32-49(43)60-50/h10-12,14-34H,1-3,5,13,35H2,4,6-9H3/b21-14-. The van der Waals surface area contributed by atoms with Crippen LogP contribution in [0.1, 0.15) is 69.7 Å². The zero-order valence-corrected chi connectivity index (χ0v) is 35.9. The first-order valence-electron chi connectivity index (χ1n) is 21.4. The first-order valence-corrected chi connectivity index (χ1v) is 21.4. The Morgan fingerprint density at radius 1 is 0.787 bits per heavy atom. The summed E-state index contributed by atoms with van der Waals surface area (Å²) >= 11 is 0. The molecule has 1 unspecified atom stereocenters. The molecule has 4 nitrogen and oxygen atoms in total. The first-order chi connectivity index (χ1) is 29.5. The second-order valence-electron chi connectivity index (χ2n) is 18.2. The summed E-state index contributed by atoms with van der Waals surface area (Å²) in [6, 6.07) is 37.3. The van der Waals surface area contributed by atoms with E-state index in [0.29, 0.717) is 0 Å². The van der Waals surface area contributed by atoms with E-state index in [4.69, 9.17) is 9.47 Å². The summed E-state index contributed by atoms with van der Waals surface area (Å²) in [7, 11) is 0. The summed E-state index contributed by atoms with van der Waals surface area (Å²) < 4.78 is 14.2. The van der Waals surface area contributed by atoms with Crippen molar-refractivity contribution in [2.45, 2.75) is 58.3 Å². The Morgan fingerprint density at radius 2 is 1.41 bits per heavy atom. The molecule has 1 spiro atoms. The van der Waals surface area contributed by atoms with E-state index in [0.717, 1.165) is 97.7 Å². The van der Waals surface area contributed by atoms with E-state index >= 15 is 0 Å². The van der Waals surface area contributed by atoms with Crippen LogP contribution in [0, 0.1) is 5.41 Å². The van der Waals surface area contributed by atoms with Crippen LogP contribution in [-0.2, 0) is 10.8 Å². The van der Waals surface area contributed by atoms with Gasteiger partial charge >= 0.3 is 0 Å². The second kappa shape index (κ2) is 13.9. The maximum Gasteiger partial charge on any atom is 0.260 e. The lowest BCUT2D eigenvalue weighted by atomic mass is 9.33. The Labute approximate surface area is 361 Å². The Morgan fingerprint density at radius 3 is 2.02 bits per heavy atom. The van der Waals surface area contributed by atoms with Crippen LogP contribution in [0.3, 0.4) is 0 Å². The third kappa shape index (κ3) is 5.52. The number of nitrogens with zero attached hydrogens (tertiary/aromatic N) is 2. The van der Waals surface area contributed by atoms with Crippen LogP contribution < -0.4 is 30.2 Å². The predicted molar refractivity (Wildman–Crippen MR) is 256 cm³/mol. The van der Waals surface area contributed by atoms with Crippen molar-refractivity contribution in [1.29, 1.82) is 0 Å². The van der Waals surface area contributed by atoms with Crippen LogP contribution in [0.15, 0.2) is 200 Å². The number of allylic oxidation sites excluding steroid dienone is 10. The molecule has 0 fully saturated rings. The molecule has 300 valence electrons. The van der Waals surface area contributed by atoms with Crippen molar-refractivity contribution < 1.29 is 9.47 Å². The van der Waals surface area contributed by atoms with Gasteiger partial charge in [-0.1, -0.05) is 158 Å². The van der Waals surface area contributed by atoms with Crippen LogP contribution in [0.25, 0.3) is 0 Å². The summed E-state index contributed by atoms with van der Waals surface area (Å²) in [5, 5.41) is 0. The van der Waals surface area contributed by atoms with Gasteiger partial charge < -0.3 is 19.3 Å². The lowest BCUT2D eigenvalue weighted by Crippen LogP contribution is -2.52. The Bertz CT molecular complexity index is 2830. The van der Waals surface area contributed by atoms with Gasteiger partial charge in [-0.25, -0.2) is 0 Å². The second-order valence-corrected chi connectivity index (χ2v) is 18.2. The van der Waals surface area contributed by atoms with E-state index in [-0.39, 0.29) is 17.5 Å². The molecule has 1 aliphatic carbocycles. The fourth-order valence-electron chi connectivity index (χ4n) is 10.4. The molecule has 5 aromatic carbocycles. The number of hydrogen-bond acceptors (Lipinski definition) is 4. The molecule has 0 bridgehead atoms. The monoisotopic (exact) mass is 794 g/mol. The molecule has 61 heavy (non-hydrogen) atoms. The fourth-order valence-corrected chi connectivity index (χ4v) is 10.4. The molecule has 0 saturated carbocycles. The first kappa shape index (κ1) is 38.5. The molecule has 0 amide bonds. The van der Waals surface area contributed by atoms with Crippen LogP contribution in [0.2, 0.25) is 0 Å². The molecule has 1 atom stereocenters. The van der Waals surface area contributed by atoms with E-state index < -0.39 is 5.41 Å². The molecule has 4 aliphatic heterocycles. The third-order valence-electron chi connectivity index (χ3n) is 13.6. The van der Waals surface area contributed by atoms with Crippen LogP contribution in [-0.4, -0.2) is 6.71 Å². The maximum atomic E-state index is 7.11. The van der Waals surface area contributed by atoms with E-state index in [1.807, 2.05) is 24.3 Å². The number of para-hydroxylation sites is 3. The lowest BCUT2D eigenvalue weighted by Gasteiger charge is -2.51. The fraction of sp³-hybridized carbons (Fsp3) is 0.179. The molecule has 5 aromatic rings. The smallest absolute Gasteiger partial charge is 0.260 e. The Balaban J connectivity index is 1.23. The Hall–Kier alpha value is -6.72. The zero-order chi connectivity index (χ0) is 42.4. The molecular weight excluding hydrogens is 743 g/mol. The largest absolute Gasteiger partial charge is 0.463 e. The molecule has 0 saturated heterocycles. The molecule has 0 aromatic heterocycles. The van der Waals surface area contributed by atoms with E-state index in [9.17, 15) is 0 Å². The molecule has 0 N–H and O–H groups in total.